The zero-order valence-electron chi connectivity index (χ0n) is 7.00. The summed E-state index contributed by atoms with van der Waals surface area (Å²) < 4.78 is 17.3. The van der Waals surface area contributed by atoms with Gasteiger partial charge >= 0.3 is 0 Å². The maximum Gasteiger partial charge on any atom is 0.132 e. The average molecular weight is 229 g/mol. The SMILES string of the molecule is Nc1snc(-c2ccccc2F)c1Cl. The van der Waals surface area contributed by atoms with Crippen molar-refractivity contribution in [2.45, 2.75) is 0 Å². The molecule has 1 heterocycles. The van der Waals surface area contributed by atoms with Crippen LogP contribution in [0.5, 0.6) is 0 Å². The number of rotatable bonds is 1. The fourth-order valence-corrected chi connectivity index (χ4v) is 1.97. The molecule has 5 heteroatoms. The van der Waals surface area contributed by atoms with Crippen LogP contribution in [0.3, 0.4) is 0 Å². The number of halogens is 2. The van der Waals surface area contributed by atoms with E-state index in [9.17, 15) is 4.39 Å². The second-order valence-corrected chi connectivity index (χ2v) is 3.87. The van der Waals surface area contributed by atoms with E-state index in [1.807, 2.05) is 0 Å². The van der Waals surface area contributed by atoms with Crippen molar-refractivity contribution in [3.8, 4) is 11.3 Å². The number of benzene rings is 1. The first kappa shape index (κ1) is 9.43. The fourth-order valence-electron chi connectivity index (χ4n) is 1.11. The number of anilines is 1. The minimum Gasteiger partial charge on any atom is -0.388 e. The molecule has 0 amide bonds. The molecule has 0 bridgehead atoms. The van der Waals surface area contributed by atoms with Crippen LogP contribution in [0.4, 0.5) is 9.39 Å². The highest BCUT2D eigenvalue weighted by Gasteiger charge is 2.13. The van der Waals surface area contributed by atoms with Crippen LogP contribution in [0.15, 0.2) is 24.3 Å². The number of hydrogen-bond acceptors (Lipinski definition) is 3. The summed E-state index contributed by atoms with van der Waals surface area (Å²) in [5, 5.41) is 0.727. The molecule has 0 atom stereocenters. The van der Waals surface area contributed by atoms with Crippen molar-refractivity contribution in [2.75, 3.05) is 5.73 Å². The molecule has 0 saturated heterocycles. The lowest BCUT2D eigenvalue weighted by Crippen LogP contribution is -1.84. The van der Waals surface area contributed by atoms with E-state index in [4.69, 9.17) is 17.3 Å². The Morgan fingerprint density at radius 1 is 1.36 bits per heavy atom. The van der Waals surface area contributed by atoms with Gasteiger partial charge in [0.1, 0.15) is 21.5 Å². The summed E-state index contributed by atoms with van der Waals surface area (Å²) in [5.41, 5.74) is 6.32. The summed E-state index contributed by atoms with van der Waals surface area (Å²) in [7, 11) is 0. The van der Waals surface area contributed by atoms with Gasteiger partial charge in [0.05, 0.1) is 0 Å². The second kappa shape index (κ2) is 3.55. The number of aromatic nitrogens is 1. The van der Waals surface area contributed by atoms with Crippen LogP contribution >= 0.6 is 23.1 Å². The number of nitrogen functional groups attached to an aromatic ring is 1. The van der Waals surface area contributed by atoms with Crippen molar-refractivity contribution >= 4 is 28.1 Å². The average Bonchev–Trinajstić information content (AvgIpc) is 2.49. The van der Waals surface area contributed by atoms with Crippen LogP contribution in [0.1, 0.15) is 0 Å². The minimum atomic E-state index is -0.347. The maximum absolute atomic E-state index is 13.3. The van der Waals surface area contributed by atoms with Crippen LogP contribution < -0.4 is 5.73 Å². The normalized spacial score (nSPS) is 10.4. The zero-order valence-corrected chi connectivity index (χ0v) is 8.57. The third kappa shape index (κ3) is 1.47. The van der Waals surface area contributed by atoms with Gasteiger partial charge in [0.2, 0.25) is 0 Å². The Kier molecular flexibility index (Phi) is 2.39. The lowest BCUT2D eigenvalue weighted by Gasteiger charge is -1.98. The van der Waals surface area contributed by atoms with E-state index in [0.29, 0.717) is 21.3 Å². The zero-order chi connectivity index (χ0) is 10.1. The van der Waals surface area contributed by atoms with Gasteiger partial charge in [-0.15, -0.1) is 0 Å². The van der Waals surface area contributed by atoms with Crippen LogP contribution in [0, 0.1) is 5.82 Å². The first-order chi connectivity index (χ1) is 6.70. The van der Waals surface area contributed by atoms with Gasteiger partial charge in [-0.2, -0.15) is 4.37 Å². The van der Waals surface area contributed by atoms with E-state index in [1.54, 1.807) is 18.2 Å². The first-order valence-electron chi connectivity index (χ1n) is 3.85. The Bertz CT molecular complexity index is 470. The van der Waals surface area contributed by atoms with Crippen molar-refractivity contribution < 1.29 is 4.39 Å². The molecular formula is C9H6ClFN2S. The Morgan fingerprint density at radius 2 is 2.07 bits per heavy atom. The molecule has 0 aliphatic rings. The van der Waals surface area contributed by atoms with Crippen molar-refractivity contribution in [3.05, 3.63) is 35.1 Å². The quantitative estimate of drug-likeness (QED) is 0.814. The number of hydrogen-bond donors (Lipinski definition) is 1. The monoisotopic (exact) mass is 228 g/mol. The van der Waals surface area contributed by atoms with Gasteiger partial charge < -0.3 is 5.73 Å². The largest absolute Gasteiger partial charge is 0.388 e. The molecule has 2 nitrogen and oxygen atoms in total. The Labute approximate surface area is 89.3 Å². The lowest BCUT2D eigenvalue weighted by molar-refractivity contribution is 0.631. The molecule has 1 aromatic heterocycles. The van der Waals surface area contributed by atoms with E-state index >= 15 is 0 Å². The summed E-state index contributed by atoms with van der Waals surface area (Å²) in [6.07, 6.45) is 0. The lowest BCUT2D eigenvalue weighted by atomic mass is 10.1. The van der Waals surface area contributed by atoms with Gasteiger partial charge in [0, 0.05) is 5.56 Å². The predicted octanol–water partition coefficient (Wildman–Crippen LogP) is 3.18. The molecule has 0 aliphatic heterocycles. The summed E-state index contributed by atoms with van der Waals surface area (Å²) in [4.78, 5) is 0. The summed E-state index contributed by atoms with van der Waals surface area (Å²) in [6, 6.07) is 6.32. The van der Waals surface area contributed by atoms with Crippen LogP contribution in [-0.2, 0) is 0 Å². The molecule has 2 aromatic rings. The van der Waals surface area contributed by atoms with E-state index < -0.39 is 0 Å². The standard InChI is InChI=1S/C9H6ClFN2S/c10-7-8(13-14-9(7)12)5-3-1-2-4-6(5)11/h1-4H,12H2. The Hall–Kier alpha value is -1.13. The van der Waals surface area contributed by atoms with E-state index in [1.165, 1.54) is 6.07 Å². The number of nitrogens with zero attached hydrogens (tertiary/aromatic N) is 1. The molecule has 72 valence electrons. The summed E-state index contributed by atoms with van der Waals surface area (Å²) in [6.45, 7) is 0. The van der Waals surface area contributed by atoms with Crippen molar-refractivity contribution in [1.29, 1.82) is 0 Å². The molecule has 0 aliphatic carbocycles. The van der Waals surface area contributed by atoms with E-state index in [-0.39, 0.29) is 5.82 Å². The van der Waals surface area contributed by atoms with Crippen LogP contribution in [0.2, 0.25) is 5.02 Å². The fraction of sp³-hybridized carbons (Fsp3) is 0. The maximum atomic E-state index is 13.3. The van der Waals surface area contributed by atoms with Gasteiger partial charge in [-0.05, 0) is 23.7 Å². The molecule has 0 saturated carbocycles. The molecule has 1 aromatic carbocycles. The highest BCUT2D eigenvalue weighted by molar-refractivity contribution is 7.11. The topological polar surface area (TPSA) is 38.9 Å². The van der Waals surface area contributed by atoms with Crippen LogP contribution in [0.25, 0.3) is 11.3 Å². The third-order valence-corrected chi connectivity index (χ3v) is 2.96. The molecular weight excluding hydrogens is 223 g/mol. The summed E-state index contributed by atoms with van der Waals surface area (Å²) in [5.74, 6) is -0.347. The van der Waals surface area contributed by atoms with Crippen molar-refractivity contribution in [3.63, 3.8) is 0 Å². The molecule has 0 radical (unpaired) electrons. The number of nitrogens with two attached hydrogens (primary N) is 1. The third-order valence-electron chi connectivity index (χ3n) is 1.79. The Balaban J connectivity index is 2.60. The predicted molar refractivity (Wildman–Crippen MR) is 56.9 cm³/mol. The van der Waals surface area contributed by atoms with Crippen molar-refractivity contribution in [2.24, 2.45) is 0 Å². The molecule has 2 N–H and O–H groups in total. The smallest absolute Gasteiger partial charge is 0.132 e. The molecule has 0 spiro atoms. The molecule has 0 unspecified atom stereocenters. The van der Waals surface area contributed by atoms with Gasteiger partial charge in [-0.1, -0.05) is 23.7 Å². The highest BCUT2D eigenvalue weighted by Crippen LogP contribution is 2.35. The van der Waals surface area contributed by atoms with E-state index in [0.717, 1.165) is 11.5 Å². The van der Waals surface area contributed by atoms with Gasteiger partial charge in [-0.3, -0.25) is 0 Å². The van der Waals surface area contributed by atoms with Crippen molar-refractivity contribution in [1.82, 2.24) is 4.37 Å². The molecule has 2 rings (SSSR count). The molecule has 0 fully saturated rings. The molecule has 14 heavy (non-hydrogen) atoms. The Morgan fingerprint density at radius 3 is 2.64 bits per heavy atom. The van der Waals surface area contributed by atoms with Crippen LogP contribution in [-0.4, -0.2) is 4.37 Å². The highest BCUT2D eigenvalue weighted by atomic mass is 35.5. The second-order valence-electron chi connectivity index (χ2n) is 2.69. The first-order valence-corrected chi connectivity index (χ1v) is 5.01. The van der Waals surface area contributed by atoms with Gasteiger partial charge in [0.15, 0.2) is 0 Å². The summed E-state index contributed by atoms with van der Waals surface area (Å²) >= 11 is 6.94. The van der Waals surface area contributed by atoms with Gasteiger partial charge in [-0.25, -0.2) is 4.39 Å². The minimum absolute atomic E-state index is 0.320. The van der Waals surface area contributed by atoms with E-state index in [2.05, 4.69) is 4.37 Å². The van der Waals surface area contributed by atoms with Gasteiger partial charge in [0.25, 0.3) is 0 Å².